The van der Waals surface area contributed by atoms with Gasteiger partial charge in [0.05, 0.1) is 11.6 Å². The minimum absolute atomic E-state index is 0.0422. The van der Waals surface area contributed by atoms with Crippen molar-refractivity contribution in [3.63, 3.8) is 0 Å². The van der Waals surface area contributed by atoms with E-state index in [1.54, 1.807) is 18.2 Å². The van der Waals surface area contributed by atoms with Gasteiger partial charge in [0.25, 0.3) is 6.01 Å². The van der Waals surface area contributed by atoms with Gasteiger partial charge in [-0.25, -0.2) is 4.79 Å². The summed E-state index contributed by atoms with van der Waals surface area (Å²) in [5.41, 5.74) is 5.01. The van der Waals surface area contributed by atoms with Crippen LogP contribution in [0.25, 0.3) is 33.6 Å². The molecule has 2 N–H and O–H groups in total. The Bertz CT molecular complexity index is 1480. The molecule has 2 heterocycles. The van der Waals surface area contributed by atoms with Crippen molar-refractivity contribution in [2.75, 3.05) is 11.4 Å². The molecule has 0 aliphatic rings. The Labute approximate surface area is 207 Å². The molecule has 5 aromatic rings. The largest absolute Gasteiger partial charge is 0.478 e. The molecule has 182 valence electrons. The molecule has 0 fully saturated rings. The van der Waals surface area contributed by atoms with Crippen LogP contribution in [0.3, 0.4) is 0 Å². The zero-order valence-corrected chi connectivity index (χ0v) is 20.0. The average molecular weight is 483 g/mol. The molecule has 0 unspecified atom stereocenters. The molecule has 9 nitrogen and oxygen atoms in total. The van der Waals surface area contributed by atoms with Gasteiger partial charge < -0.3 is 14.4 Å². The number of para-hydroxylation sites is 1. The van der Waals surface area contributed by atoms with Gasteiger partial charge in [-0.05, 0) is 47.4 Å². The van der Waals surface area contributed by atoms with Gasteiger partial charge in [0, 0.05) is 12.1 Å². The first-order chi connectivity index (χ1) is 17.6. The lowest BCUT2D eigenvalue weighted by Gasteiger charge is -2.28. The fraction of sp³-hybridized carbons (Fsp3) is 0.222. The second-order valence-electron chi connectivity index (χ2n) is 8.58. The van der Waals surface area contributed by atoms with Crippen molar-refractivity contribution < 1.29 is 14.3 Å². The molecular formula is C27H26N6O3. The Balaban J connectivity index is 1.47. The lowest BCUT2D eigenvalue weighted by atomic mass is 9.97. The van der Waals surface area contributed by atoms with E-state index in [1.807, 2.05) is 24.3 Å². The fourth-order valence-corrected chi connectivity index (χ4v) is 4.34. The monoisotopic (exact) mass is 482 g/mol. The second kappa shape index (κ2) is 9.99. The highest BCUT2D eigenvalue weighted by molar-refractivity contribution is 6.00. The number of unbranched alkanes of at least 4 members (excludes halogenated alkanes) is 1. The van der Waals surface area contributed by atoms with E-state index in [-0.39, 0.29) is 11.6 Å². The maximum atomic E-state index is 11.7. The molecule has 0 bridgehead atoms. The number of hydrogen-bond donors (Lipinski definition) is 2. The van der Waals surface area contributed by atoms with Crippen LogP contribution in [-0.4, -0.2) is 43.2 Å². The van der Waals surface area contributed by atoms with Crippen LogP contribution in [0, 0.1) is 0 Å². The molecule has 0 aliphatic heterocycles. The van der Waals surface area contributed by atoms with E-state index in [0.29, 0.717) is 22.9 Å². The van der Waals surface area contributed by atoms with Crippen LogP contribution in [0.4, 0.5) is 6.01 Å². The number of aromatic carboxylic acids is 1. The molecule has 0 saturated heterocycles. The third kappa shape index (κ3) is 4.43. The van der Waals surface area contributed by atoms with E-state index < -0.39 is 5.97 Å². The van der Waals surface area contributed by atoms with Crippen LogP contribution in [-0.2, 0) is 0 Å². The average Bonchev–Trinajstić information content (AvgIpc) is 3.59. The number of carboxylic acids is 1. The zero-order valence-electron chi connectivity index (χ0n) is 20.0. The van der Waals surface area contributed by atoms with Gasteiger partial charge >= 0.3 is 5.97 Å². The van der Waals surface area contributed by atoms with Crippen molar-refractivity contribution in [2.45, 2.75) is 32.7 Å². The lowest BCUT2D eigenvalue weighted by molar-refractivity contribution is 0.0699. The van der Waals surface area contributed by atoms with Gasteiger partial charge in [0.2, 0.25) is 5.82 Å². The van der Waals surface area contributed by atoms with Crippen molar-refractivity contribution in [2.24, 2.45) is 0 Å². The molecule has 3 aromatic carbocycles. The van der Waals surface area contributed by atoms with Crippen LogP contribution in [0.2, 0.25) is 0 Å². The van der Waals surface area contributed by atoms with Gasteiger partial charge in [-0.3, -0.25) is 0 Å². The molecular weight excluding hydrogens is 456 g/mol. The summed E-state index contributed by atoms with van der Waals surface area (Å²) in [6.45, 7) is 4.97. The Morgan fingerprint density at radius 3 is 2.53 bits per heavy atom. The van der Waals surface area contributed by atoms with Crippen LogP contribution < -0.4 is 4.90 Å². The highest BCUT2D eigenvalue weighted by Crippen LogP contribution is 2.34. The number of nitrogens with one attached hydrogen (secondary N) is 1. The molecule has 2 aromatic heterocycles. The maximum absolute atomic E-state index is 11.7. The topological polar surface area (TPSA) is 121 Å². The predicted octanol–water partition coefficient (Wildman–Crippen LogP) is 5.74. The Kier molecular flexibility index (Phi) is 6.44. The van der Waals surface area contributed by atoms with E-state index in [4.69, 9.17) is 4.42 Å². The summed E-state index contributed by atoms with van der Waals surface area (Å²) in [6.07, 6.45) is 1.96. The third-order valence-corrected chi connectivity index (χ3v) is 6.32. The number of nitrogens with zero attached hydrogens (tertiary/aromatic N) is 5. The highest BCUT2D eigenvalue weighted by atomic mass is 16.4. The van der Waals surface area contributed by atoms with E-state index in [0.717, 1.165) is 41.6 Å². The molecule has 0 amide bonds. The standard InChI is InChI=1S/C27H26N6O3/c1-3-4-16-33(27-28-24-22(26(34)35)10-7-11-23(24)36-27)17(2)18-12-14-19(15-13-18)20-8-5-6-9-21(20)25-29-31-32-30-25/h5-15,17H,3-4,16H2,1-2H3,(H,34,35)(H,29,30,31,32)/t17-/m1/s1. The van der Waals surface area contributed by atoms with E-state index in [1.165, 1.54) is 0 Å². The first-order valence-corrected chi connectivity index (χ1v) is 11.9. The number of anilines is 1. The molecule has 36 heavy (non-hydrogen) atoms. The smallest absolute Gasteiger partial charge is 0.338 e. The van der Waals surface area contributed by atoms with E-state index >= 15 is 0 Å². The second-order valence-corrected chi connectivity index (χ2v) is 8.58. The van der Waals surface area contributed by atoms with Gasteiger partial charge in [0.1, 0.15) is 5.52 Å². The summed E-state index contributed by atoms with van der Waals surface area (Å²) in [6, 6.07) is 21.6. The number of hydrogen-bond acceptors (Lipinski definition) is 7. The van der Waals surface area contributed by atoms with Gasteiger partial charge in [0.15, 0.2) is 5.58 Å². The normalized spacial score (nSPS) is 12.1. The number of aromatic amines is 1. The maximum Gasteiger partial charge on any atom is 0.338 e. The van der Waals surface area contributed by atoms with Crippen molar-refractivity contribution in [1.29, 1.82) is 0 Å². The van der Waals surface area contributed by atoms with E-state index in [9.17, 15) is 9.90 Å². The van der Waals surface area contributed by atoms with Gasteiger partial charge in [-0.15, -0.1) is 10.2 Å². The van der Waals surface area contributed by atoms with Crippen molar-refractivity contribution >= 4 is 23.1 Å². The van der Waals surface area contributed by atoms with Crippen molar-refractivity contribution in [3.8, 4) is 22.5 Å². The Hall–Kier alpha value is -4.53. The summed E-state index contributed by atoms with van der Waals surface area (Å²) in [5, 5.41) is 24.0. The molecule has 5 rings (SSSR count). The summed E-state index contributed by atoms with van der Waals surface area (Å²) >= 11 is 0. The minimum atomic E-state index is -1.02. The molecule has 0 spiro atoms. The summed E-state index contributed by atoms with van der Waals surface area (Å²) in [4.78, 5) is 18.4. The number of tetrazole rings is 1. The van der Waals surface area contributed by atoms with Crippen LogP contribution in [0.5, 0.6) is 0 Å². The summed E-state index contributed by atoms with van der Waals surface area (Å²) in [5.74, 6) is -0.476. The molecule has 0 saturated carbocycles. The number of fused-ring (bicyclic) bond motifs is 1. The SMILES string of the molecule is CCCCN(c1nc2c(C(=O)O)cccc2o1)[C@H](C)c1ccc(-c2ccccc2-c2nn[nH]n2)cc1. The molecule has 9 heteroatoms. The summed E-state index contributed by atoms with van der Waals surface area (Å²) < 4.78 is 6.04. The number of benzene rings is 3. The number of H-pyrrole nitrogens is 1. The highest BCUT2D eigenvalue weighted by Gasteiger charge is 2.23. The van der Waals surface area contributed by atoms with Gasteiger partial charge in [-0.2, -0.15) is 10.2 Å². The third-order valence-electron chi connectivity index (χ3n) is 6.32. The van der Waals surface area contributed by atoms with Crippen LogP contribution in [0.1, 0.15) is 48.7 Å². The summed E-state index contributed by atoms with van der Waals surface area (Å²) in [7, 11) is 0. The zero-order chi connectivity index (χ0) is 25.1. The Morgan fingerprint density at radius 1 is 1.06 bits per heavy atom. The van der Waals surface area contributed by atoms with E-state index in [2.05, 4.69) is 68.6 Å². The Morgan fingerprint density at radius 2 is 1.83 bits per heavy atom. The number of carbonyl (C=O) groups is 1. The van der Waals surface area contributed by atoms with Crippen molar-refractivity contribution in [1.82, 2.24) is 25.6 Å². The number of rotatable bonds is 9. The minimum Gasteiger partial charge on any atom is -0.478 e. The first-order valence-electron chi connectivity index (χ1n) is 11.9. The first kappa shape index (κ1) is 23.2. The van der Waals surface area contributed by atoms with Crippen LogP contribution >= 0.6 is 0 Å². The molecule has 0 aliphatic carbocycles. The lowest BCUT2D eigenvalue weighted by Crippen LogP contribution is -2.28. The quantitative estimate of drug-likeness (QED) is 0.273. The molecule has 0 radical (unpaired) electrons. The fourth-order valence-electron chi connectivity index (χ4n) is 4.34. The molecule has 1 atom stereocenters. The van der Waals surface area contributed by atoms with Crippen LogP contribution in [0.15, 0.2) is 71.1 Å². The predicted molar refractivity (Wildman–Crippen MR) is 137 cm³/mol. The van der Waals surface area contributed by atoms with Crippen molar-refractivity contribution in [3.05, 3.63) is 77.9 Å². The van der Waals surface area contributed by atoms with Gasteiger partial charge in [-0.1, -0.05) is 67.9 Å². The number of carboxylic acid groups (broad SMARTS) is 1. The number of oxazole rings is 1. The number of aromatic nitrogens is 5.